The largest absolute Gasteiger partial charge is 0.479 e. The minimum atomic E-state index is -2.18. The normalized spacial score (nSPS) is 51.2. The molecule has 4 saturated carbocycles. The molecule has 0 bridgehead atoms. The van der Waals surface area contributed by atoms with Gasteiger partial charge in [-0.05, 0) is 90.8 Å². The van der Waals surface area contributed by atoms with Gasteiger partial charge in [-0.25, -0.2) is 4.79 Å². The fourth-order valence-corrected chi connectivity index (χ4v) is 18.7. The molecule has 0 aromatic rings. The van der Waals surface area contributed by atoms with Crippen LogP contribution in [-0.4, -0.2) is 299 Å². The van der Waals surface area contributed by atoms with Crippen molar-refractivity contribution in [2.75, 3.05) is 33.0 Å². The van der Waals surface area contributed by atoms with Crippen LogP contribution in [0.15, 0.2) is 11.6 Å². The highest BCUT2D eigenvalue weighted by atomic mass is 16.8. The van der Waals surface area contributed by atoms with Crippen molar-refractivity contribution in [2.45, 2.75) is 286 Å². The monoisotopic (exact) mass is 1390 g/mol. The van der Waals surface area contributed by atoms with Gasteiger partial charge in [-0.1, -0.05) is 60.1 Å². The van der Waals surface area contributed by atoms with E-state index < -0.39 is 250 Å². The Morgan fingerprint density at radius 3 is 1.69 bits per heavy atom. The zero-order valence-corrected chi connectivity index (χ0v) is 56.2. The van der Waals surface area contributed by atoms with E-state index >= 15 is 0 Å². The number of hydrogen-bond acceptors (Lipinski definition) is 31. The van der Waals surface area contributed by atoms with E-state index in [-0.39, 0.29) is 29.6 Å². The number of carbonyl (C=O) groups is 4. The molecule has 0 radical (unpaired) electrons. The number of aliphatic carboxylic acids is 1. The maximum Gasteiger partial charge on any atom is 0.335 e. The highest BCUT2D eigenvalue weighted by molar-refractivity contribution is 5.73. The van der Waals surface area contributed by atoms with Gasteiger partial charge in [0.05, 0.1) is 44.7 Å². The molecule has 32 nitrogen and oxygen atoms in total. The molecular weight excluding hydrogens is 1290 g/mol. The minimum Gasteiger partial charge on any atom is -0.479 e. The van der Waals surface area contributed by atoms with Crippen LogP contribution in [-0.2, 0) is 80.8 Å². The quantitative estimate of drug-likeness (QED) is 0.0276. The molecule has 0 unspecified atom stereocenters. The van der Waals surface area contributed by atoms with Gasteiger partial charge in [0, 0.05) is 31.6 Å². The van der Waals surface area contributed by atoms with E-state index in [4.69, 9.17) is 61.6 Å². The van der Waals surface area contributed by atoms with Gasteiger partial charge >= 0.3 is 23.9 Å². The third-order valence-corrected chi connectivity index (χ3v) is 24.4. The van der Waals surface area contributed by atoms with Crippen LogP contribution in [0.25, 0.3) is 0 Å². The van der Waals surface area contributed by atoms with Crippen LogP contribution in [0, 0.1) is 50.2 Å². The van der Waals surface area contributed by atoms with Gasteiger partial charge in [-0.2, -0.15) is 0 Å². The molecule has 97 heavy (non-hydrogen) atoms. The van der Waals surface area contributed by atoms with Crippen LogP contribution in [0.1, 0.15) is 121 Å². The lowest BCUT2D eigenvalue weighted by Gasteiger charge is -2.72. The zero-order chi connectivity index (χ0) is 71.3. The number of hydrogen-bond donors (Lipinski definition) is 15. The molecule has 10 rings (SSSR count). The lowest BCUT2D eigenvalue weighted by Crippen LogP contribution is -2.69. The van der Waals surface area contributed by atoms with Gasteiger partial charge < -0.3 is 138 Å². The second kappa shape index (κ2) is 28.7. The predicted molar refractivity (Wildman–Crippen MR) is 321 cm³/mol. The van der Waals surface area contributed by atoms with E-state index in [0.717, 1.165) is 20.8 Å². The summed E-state index contributed by atoms with van der Waals surface area (Å²) in [6, 6.07) is 0. The number of carboxylic acid groups (broad SMARTS) is 1. The van der Waals surface area contributed by atoms with E-state index in [0.29, 0.717) is 44.9 Å². The smallest absolute Gasteiger partial charge is 0.335 e. The fourth-order valence-electron chi connectivity index (χ4n) is 18.7. The lowest BCUT2D eigenvalue weighted by atomic mass is 9.33. The number of esters is 3. The van der Waals surface area contributed by atoms with Gasteiger partial charge in [0.25, 0.3) is 0 Å². The Balaban J connectivity index is 0.885. The standard InChI is InChI=1S/C65H102O32/c1-25(69)85-23-33-47(87-26(2)70)48(88-27(3)71)45(81)57(91-33)93-46-30(72)22-86-55(44(46)80)97-53-52(82)60(4,5)19-29-28-11-12-35-62(7)15-14-36(63(8,24-68)34(62)13-16-65(35,10)64(28,9)18-17-61(29,53)6)92-59-51(42(78)41(77)49(94-59)54(83)84)96-58-50(40(76)38(74)32(21-67)90-58)95-56-43(79)39(75)37(73)31(20-66)89-56/h11,29-53,55-59,66-68,72-82H,12-24H2,1-10H3,(H,83,84)/t29-,30-,31+,32+,33+,34+,35+,36-,37+,38-,39-,40-,41-,42-,43+,44+,45+,46-,47+,48+,49-,50+,51+,52-,53+,55-,56-,57-,58-,59+,61+,62-,63+,64+,65+/m0/s1. The molecule has 5 aliphatic heterocycles. The maximum absolute atomic E-state index is 12.7. The number of carbonyl (C=O) groups excluding carboxylic acids is 3. The van der Waals surface area contributed by atoms with Gasteiger partial charge in [0.1, 0.15) is 104 Å². The third-order valence-electron chi connectivity index (χ3n) is 24.4. The summed E-state index contributed by atoms with van der Waals surface area (Å²) >= 11 is 0. The molecule has 0 spiro atoms. The summed E-state index contributed by atoms with van der Waals surface area (Å²) in [5.74, 6) is -4.61. The average molecular weight is 1400 g/mol. The number of allylic oxidation sites excluding steroid dienone is 2. The third kappa shape index (κ3) is 13.5. The molecule has 0 amide bonds. The Labute approximate surface area is 560 Å². The summed E-state index contributed by atoms with van der Waals surface area (Å²) in [5.41, 5.74) is -2.85. The first kappa shape index (κ1) is 76.3. The number of rotatable bonds is 18. The molecule has 15 N–H and O–H groups in total. The summed E-state index contributed by atoms with van der Waals surface area (Å²) in [5, 5.41) is 167. The first-order chi connectivity index (χ1) is 45.4. The second-order valence-corrected chi connectivity index (χ2v) is 30.6. The van der Waals surface area contributed by atoms with Gasteiger partial charge in [-0.15, -0.1) is 0 Å². The first-order valence-electron chi connectivity index (χ1n) is 33.6. The maximum atomic E-state index is 12.7. The van der Waals surface area contributed by atoms with E-state index in [2.05, 4.69) is 33.8 Å². The number of carboxylic acids is 1. The molecule has 0 aromatic heterocycles. The summed E-state index contributed by atoms with van der Waals surface area (Å²) < 4.78 is 77.1. The van der Waals surface area contributed by atoms with E-state index in [9.17, 15) is 95.8 Å². The number of fused-ring (bicyclic) bond motifs is 7. The molecule has 9 fully saturated rings. The first-order valence-corrected chi connectivity index (χ1v) is 33.6. The van der Waals surface area contributed by atoms with Gasteiger partial charge in [-0.3, -0.25) is 14.4 Å². The van der Waals surface area contributed by atoms with Crippen molar-refractivity contribution in [3.63, 3.8) is 0 Å². The van der Waals surface area contributed by atoms with Gasteiger partial charge in [0.15, 0.2) is 49.8 Å². The molecule has 5 aliphatic carbocycles. The van der Waals surface area contributed by atoms with Crippen molar-refractivity contribution in [1.82, 2.24) is 0 Å². The van der Waals surface area contributed by atoms with Crippen LogP contribution in [0.3, 0.4) is 0 Å². The van der Waals surface area contributed by atoms with Crippen molar-refractivity contribution < 1.29 is 157 Å². The Bertz CT molecular complexity index is 2830. The fraction of sp³-hybridized carbons (Fsp3) is 0.908. The van der Waals surface area contributed by atoms with Crippen molar-refractivity contribution in [2.24, 2.45) is 50.2 Å². The average Bonchev–Trinajstić information content (AvgIpc) is 0.674. The highest BCUT2D eigenvalue weighted by Gasteiger charge is 2.71. The zero-order valence-electron chi connectivity index (χ0n) is 56.2. The Kier molecular flexibility index (Phi) is 22.6. The van der Waals surface area contributed by atoms with Gasteiger partial charge in [0.2, 0.25) is 0 Å². The van der Waals surface area contributed by atoms with Crippen LogP contribution in [0.2, 0.25) is 0 Å². The Morgan fingerprint density at radius 2 is 1.08 bits per heavy atom. The van der Waals surface area contributed by atoms with Crippen molar-refractivity contribution in [1.29, 1.82) is 0 Å². The number of aliphatic hydroxyl groups is 14. The molecular formula is C65H102O32. The molecule has 10 aliphatic rings. The SMILES string of the molecule is CC(=O)OC[C@H]1O[C@@H](O[C@@H]2[C@@H](O)[C@H](O[C@@H]3[C@H](O)C(C)(C)C[C@H]4C5=CC[C@@H]6[C@@]7(C)CC[C@H](O[C@@H]8O[C@H](C(=O)O)[C@@H](O)[C@H](O)[C@H]8O[C@@H]8O[C@H](CO)[C@H](O)[C@H](O)[C@H]8O[C@@H]8O[C@H](CO)[C@@H](O)[C@H](O)[C@H]8O)[C@](C)(CO)[C@@H]7CC[C@@]6(C)[C@]5(C)CC[C@@]34C)OC[C@@H]2O)[C@H](O)[C@@H](OC(C)=O)[C@@H]1OC(C)=O. The van der Waals surface area contributed by atoms with Crippen molar-refractivity contribution in [3.8, 4) is 0 Å². The minimum absolute atomic E-state index is 0.00628. The molecule has 35 atom stereocenters. The highest BCUT2D eigenvalue weighted by Crippen LogP contribution is 2.76. The number of ether oxygens (including phenoxy) is 13. The number of aliphatic hydroxyl groups excluding tert-OH is 14. The van der Waals surface area contributed by atoms with Crippen molar-refractivity contribution in [3.05, 3.63) is 11.6 Å². The Hall–Kier alpha value is -3.34. The van der Waals surface area contributed by atoms with E-state index in [1.54, 1.807) is 0 Å². The molecule has 5 saturated heterocycles. The van der Waals surface area contributed by atoms with Crippen LogP contribution < -0.4 is 0 Å². The molecule has 0 aromatic carbocycles. The molecule has 32 heteroatoms. The van der Waals surface area contributed by atoms with E-state index in [1.165, 1.54) is 5.57 Å². The summed E-state index contributed by atoms with van der Waals surface area (Å²) in [4.78, 5) is 49.2. The van der Waals surface area contributed by atoms with Crippen LogP contribution in [0.4, 0.5) is 0 Å². The molecule has 554 valence electrons. The summed E-state index contributed by atoms with van der Waals surface area (Å²) in [6.07, 6.45) is -40.0. The predicted octanol–water partition coefficient (Wildman–Crippen LogP) is -3.35. The van der Waals surface area contributed by atoms with Crippen LogP contribution >= 0.6 is 0 Å². The molecule has 5 heterocycles. The van der Waals surface area contributed by atoms with Crippen LogP contribution in [0.5, 0.6) is 0 Å². The van der Waals surface area contributed by atoms with E-state index in [1.807, 2.05) is 20.8 Å². The topological polar surface area (TPSA) is 492 Å². The lowest BCUT2D eigenvalue weighted by molar-refractivity contribution is -0.397. The van der Waals surface area contributed by atoms with Crippen molar-refractivity contribution >= 4 is 23.9 Å². The summed E-state index contributed by atoms with van der Waals surface area (Å²) in [6.45, 7) is 14.7. The second-order valence-electron chi connectivity index (χ2n) is 30.6. The summed E-state index contributed by atoms with van der Waals surface area (Å²) in [7, 11) is 0. The Morgan fingerprint density at radius 1 is 0.526 bits per heavy atom.